The number of hydrogen-bond acceptors (Lipinski definition) is 2. The molecule has 0 aliphatic heterocycles. The molecule has 2 aromatic rings. The fraction of sp³-hybridized carbons (Fsp3) is 0.333. The third-order valence-electron chi connectivity index (χ3n) is 3.42. The van der Waals surface area contributed by atoms with Gasteiger partial charge in [-0.15, -0.1) is 0 Å². The van der Waals surface area contributed by atoms with E-state index in [1.165, 1.54) is 26.5 Å². The van der Waals surface area contributed by atoms with E-state index in [0.29, 0.717) is 6.54 Å². The summed E-state index contributed by atoms with van der Waals surface area (Å²) in [6.45, 7) is 9.47. The lowest BCUT2D eigenvalue weighted by Crippen LogP contribution is -2.10. The average Bonchev–Trinajstić information content (AvgIpc) is 2.40. The molecule has 0 heterocycles. The summed E-state index contributed by atoms with van der Waals surface area (Å²) in [5, 5.41) is 0. The maximum Gasteiger partial charge on any atom is 0.0178 e. The van der Waals surface area contributed by atoms with E-state index in [2.05, 4.69) is 70.2 Å². The van der Waals surface area contributed by atoms with Crippen LogP contribution < -0.4 is 5.73 Å². The van der Waals surface area contributed by atoms with Gasteiger partial charge in [0.05, 0.1) is 0 Å². The summed E-state index contributed by atoms with van der Waals surface area (Å²) < 4.78 is 0. The monoisotopic (exact) mass is 285 g/mol. The van der Waals surface area contributed by atoms with Crippen LogP contribution in [0.2, 0.25) is 0 Å². The Kier molecular flexibility index (Phi) is 4.56. The van der Waals surface area contributed by atoms with Crippen molar-refractivity contribution in [3.8, 4) is 0 Å². The normalized spacial score (nSPS) is 11.7. The highest BCUT2D eigenvalue weighted by atomic mass is 32.2. The lowest BCUT2D eigenvalue weighted by molar-refractivity contribution is 0.590. The summed E-state index contributed by atoms with van der Waals surface area (Å²) in [5.41, 5.74) is 9.73. The van der Waals surface area contributed by atoms with Crippen molar-refractivity contribution in [2.75, 3.05) is 0 Å². The Balaban J connectivity index is 2.18. The van der Waals surface area contributed by atoms with Crippen molar-refractivity contribution >= 4 is 11.8 Å². The van der Waals surface area contributed by atoms with E-state index in [0.717, 1.165) is 0 Å². The summed E-state index contributed by atoms with van der Waals surface area (Å²) in [7, 11) is 0. The van der Waals surface area contributed by atoms with Gasteiger partial charge in [0.25, 0.3) is 0 Å². The van der Waals surface area contributed by atoms with Gasteiger partial charge in [-0.25, -0.2) is 0 Å². The quantitative estimate of drug-likeness (QED) is 0.867. The molecular weight excluding hydrogens is 262 g/mol. The van der Waals surface area contributed by atoms with E-state index in [9.17, 15) is 0 Å². The molecule has 2 rings (SSSR count). The molecule has 0 bridgehead atoms. The average molecular weight is 285 g/mol. The van der Waals surface area contributed by atoms with Gasteiger partial charge in [-0.2, -0.15) is 0 Å². The zero-order valence-corrected chi connectivity index (χ0v) is 13.6. The zero-order valence-electron chi connectivity index (χ0n) is 12.7. The Morgan fingerprint density at radius 1 is 1.00 bits per heavy atom. The van der Waals surface area contributed by atoms with Gasteiger partial charge >= 0.3 is 0 Å². The molecule has 0 unspecified atom stereocenters. The number of nitrogens with two attached hydrogens (primary N) is 1. The fourth-order valence-corrected chi connectivity index (χ4v) is 2.99. The van der Waals surface area contributed by atoms with Crippen LogP contribution in [-0.4, -0.2) is 0 Å². The first kappa shape index (κ1) is 15.1. The molecule has 0 spiro atoms. The van der Waals surface area contributed by atoms with Gasteiger partial charge in [0, 0.05) is 16.3 Å². The van der Waals surface area contributed by atoms with E-state index in [1.807, 2.05) is 11.8 Å². The molecule has 0 fully saturated rings. The lowest BCUT2D eigenvalue weighted by Gasteiger charge is -2.19. The second-order valence-corrected chi connectivity index (χ2v) is 7.30. The molecule has 106 valence electrons. The van der Waals surface area contributed by atoms with Gasteiger partial charge in [0.1, 0.15) is 0 Å². The van der Waals surface area contributed by atoms with Crippen LogP contribution in [0.4, 0.5) is 0 Å². The fourth-order valence-electron chi connectivity index (χ4n) is 2.10. The topological polar surface area (TPSA) is 26.0 Å². The maximum absolute atomic E-state index is 5.67. The first-order valence-corrected chi connectivity index (χ1v) is 7.80. The molecular formula is C18H23NS. The molecule has 1 nitrogen and oxygen atoms in total. The molecule has 0 saturated carbocycles. The maximum atomic E-state index is 5.67. The van der Waals surface area contributed by atoms with Gasteiger partial charge in [0.2, 0.25) is 0 Å². The molecule has 0 aliphatic rings. The van der Waals surface area contributed by atoms with Crippen molar-refractivity contribution in [1.82, 2.24) is 0 Å². The Morgan fingerprint density at radius 3 is 2.15 bits per heavy atom. The predicted molar refractivity (Wildman–Crippen MR) is 88.3 cm³/mol. The Bertz CT molecular complexity index is 579. The van der Waals surface area contributed by atoms with Crippen molar-refractivity contribution in [3.05, 3.63) is 59.2 Å². The van der Waals surface area contributed by atoms with Crippen LogP contribution in [0.1, 0.15) is 37.5 Å². The van der Waals surface area contributed by atoms with Crippen molar-refractivity contribution in [2.24, 2.45) is 5.73 Å². The second-order valence-electron chi connectivity index (χ2n) is 6.18. The highest BCUT2D eigenvalue weighted by molar-refractivity contribution is 7.99. The van der Waals surface area contributed by atoms with E-state index >= 15 is 0 Å². The highest BCUT2D eigenvalue weighted by Crippen LogP contribution is 2.32. The lowest BCUT2D eigenvalue weighted by atomic mass is 9.87. The van der Waals surface area contributed by atoms with Gasteiger partial charge in [-0.1, -0.05) is 56.8 Å². The van der Waals surface area contributed by atoms with Crippen LogP contribution in [0.5, 0.6) is 0 Å². The van der Waals surface area contributed by atoms with E-state index in [1.54, 1.807) is 0 Å². The molecule has 0 aromatic heterocycles. The predicted octanol–water partition coefficient (Wildman–Crippen LogP) is 4.90. The van der Waals surface area contributed by atoms with Crippen molar-refractivity contribution in [3.63, 3.8) is 0 Å². The summed E-state index contributed by atoms with van der Waals surface area (Å²) in [6.07, 6.45) is 0. The molecule has 0 saturated heterocycles. The summed E-state index contributed by atoms with van der Waals surface area (Å²) >= 11 is 1.81. The van der Waals surface area contributed by atoms with Crippen LogP contribution in [0.25, 0.3) is 0 Å². The van der Waals surface area contributed by atoms with Crippen LogP contribution in [0, 0.1) is 6.92 Å². The van der Waals surface area contributed by atoms with Crippen molar-refractivity contribution in [1.29, 1.82) is 0 Å². The molecule has 2 aromatic carbocycles. The molecule has 0 radical (unpaired) electrons. The first-order valence-electron chi connectivity index (χ1n) is 6.98. The van der Waals surface area contributed by atoms with Crippen molar-refractivity contribution < 1.29 is 0 Å². The first-order chi connectivity index (χ1) is 9.40. The Labute approximate surface area is 126 Å². The Hall–Kier alpha value is -1.25. The highest BCUT2D eigenvalue weighted by Gasteiger charge is 2.13. The summed E-state index contributed by atoms with van der Waals surface area (Å²) in [6, 6.07) is 15.3. The minimum absolute atomic E-state index is 0.210. The third kappa shape index (κ3) is 3.65. The van der Waals surface area contributed by atoms with Gasteiger partial charge < -0.3 is 5.73 Å². The van der Waals surface area contributed by atoms with E-state index in [-0.39, 0.29) is 5.41 Å². The number of rotatable bonds is 3. The van der Waals surface area contributed by atoms with Gasteiger partial charge in [-0.05, 0) is 47.2 Å². The zero-order chi connectivity index (χ0) is 14.8. The largest absolute Gasteiger partial charge is 0.326 e. The van der Waals surface area contributed by atoms with Gasteiger partial charge in [-0.3, -0.25) is 0 Å². The third-order valence-corrected chi connectivity index (χ3v) is 4.61. The molecule has 0 aliphatic carbocycles. The van der Waals surface area contributed by atoms with Crippen LogP contribution >= 0.6 is 11.8 Å². The molecule has 20 heavy (non-hydrogen) atoms. The number of aryl methyl sites for hydroxylation is 1. The van der Waals surface area contributed by atoms with Crippen LogP contribution in [-0.2, 0) is 12.0 Å². The Morgan fingerprint density at radius 2 is 1.65 bits per heavy atom. The summed E-state index contributed by atoms with van der Waals surface area (Å²) in [5.74, 6) is 0. The molecule has 2 heteroatoms. The smallest absolute Gasteiger partial charge is 0.0178 e. The van der Waals surface area contributed by atoms with Crippen LogP contribution in [0.3, 0.4) is 0 Å². The van der Waals surface area contributed by atoms with E-state index < -0.39 is 0 Å². The number of benzene rings is 2. The summed E-state index contributed by atoms with van der Waals surface area (Å²) in [4.78, 5) is 2.58. The standard InChI is InChI=1S/C18H23NS/c1-13-11-14(12-19)5-10-17(13)20-16-8-6-15(7-9-16)18(2,3)4/h5-11H,12,19H2,1-4H3. The van der Waals surface area contributed by atoms with E-state index in [4.69, 9.17) is 5.73 Å². The molecule has 0 atom stereocenters. The molecule has 2 N–H and O–H groups in total. The van der Waals surface area contributed by atoms with Crippen molar-refractivity contribution in [2.45, 2.75) is 49.4 Å². The minimum atomic E-state index is 0.210. The second kappa shape index (κ2) is 6.02. The minimum Gasteiger partial charge on any atom is -0.326 e. The van der Waals surface area contributed by atoms with Crippen LogP contribution in [0.15, 0.2) is 52.3 Å². The number of hydrogen-bond donors (Lipinski definition) is 1. The SMILES string of the molecule is Cc1cc(CN)ccc1Sc1ccc(C(C)(C)C)cc1. The van der Waals surface area contributed by atoms with Gasteiger partial charge in [0.15, 0.2) is 0 Å². The molecule has 0 amide bonds.